The van der Waals surface area contributed by atoms with Crippen molar-refractivity contribution in [2.24, 2.45) is 0 Å². The van der Waals surface area contributed by atoms with Gasteiger partial charge in [-0.3, -0.25) is 0 Å². The lowest BCUT2D eigenvalue weighted by Crippen LogP contribution is -2.21. The van der Waals surface area contributed by atoms with Crippen LogP contribution in [0.3, 0.4) is 0 Å². The molecule has 22 heavy (non-hydrogen) atoms. The summed E-state index contributed by atoms with van der Waals surface area (Å²) in [7, 11) is 4.16. The van der Waals surface area contributed by atoms with Crippen molar-refractivity contribution in [2.75, 3.05) is 20.6 Å². The highest BCUT2D eigenvalue weighted by atomic mass is 15.6. The Labute approximate surface area is 130 Å². The monoisotopic (exact) mass is 295 g/mol. The first-order chi connectivity index (χ1) is 10.6. The van der Waals surface area contributed by atoms with E-state index < -0.39 is 0 Å². The van der Waals surface area contributed by atoms with Crippen molar-refractivity contribution in [1.29, 1.82) is 0 Å². The molecule has 0 N–H and O–H groups in total. The molecule has 2 aromatic carbocycles. The molecule has 3 rings (SSSR count). The molecule has 1 aromatic heterocycles. The Balaban J connectivity index is 1.98. The van der Waals surface area contributed by atoms with Crippen LogP contribution in [0, 0.1) is 6.92 Å². The van der Waals surface area contributed by atoms with E-state index in [0.717, 1.165) is 13.0 Å². The molecule has 0 saturated heterocycles. The smallest absolute Gasteiger partial charge is 0.162 e. The summed E-state index contributed by atoms with van der Waals surface area (Å²) in [5, 5.41) is 14.7. The quantitative estimate of drug-likeness (QED) is 0.726. The number of tetrazole rings is 1. The van der Waals surface area contributed by atoms with Crippen LogP contribution in [0.4, 0.5) is 0 Å². The van der Waals surface area contributed by atoms with Gasteiger partial charge >= 0.3 is 0 Å². The largest absolute Gasteiger partial charge is 0.309 e. The number of hydrogen-bond acceptors (Lipinski definition) is 4. The molecule has 1 heterocycles. The zero-order chi connectivity index (χ0) is 15.5. The van der Waals surface area contributed by atoms with E-state index in [1.807, 2.05) is 0 Å². The van der Waals surface area contributed by atoms with E-state index in [1.165, 1.54) is 28.2 Å². The molecule has 0 aliphatic heterocycles. The van der Waals surface area contributed by atoms with E-state index in [-0.39, 0.29) is 6.04 Å². The Morgan fingerprint density at radius 3 is 2.59 bits per heavy atom. The van der Waals surface area contributed by atoms with E-state index in [2.05, 4.69) is 77.7 Å². The first-order valence-corrected chi connectivity index (χ1v) is 7.51. The van der Waals surface area contributed by atoms with Gasteiger partial charge in [0.2, 0.25) is 0 Å². The molecule has 0 fully saturated rings. The van der Waals surface area contributed by atoms with Crippen LogP contribution >= 0.6 is 0 Å². The maximum atomic E-state index is 4.24. The van der Waals surface area contributed by atoms with E-state index in [0.29, 0.717) is 0 Å². The lowest BCUT2D eigenvalue weighted by atomic mass is 9.99. The van der Waals surface area contributed by atoms with Gasteiger partial charge in [-0.1, -0.05) is 35.9 Å². The van der Waals surface area contributed by atoms with E-state index in [1.54, 1.807) is 4.80 Å². The summed E-state index contributed by atoms with van der Waals surface area (Å²) in [6, 6.07) is 13.2. The average Bonchev–Trinajstić information content (AvgIpc) is 3.01. The molecule has 1 atom stereocenters. The Kier molecular flexibility index (Phi) is 4.15. The molecule has 0 aliphatic rings. The second-order valence-corrected chi connectivity index (χ2v) is 5.97. The summed E-state index contributed by atoms with van der Waals surface area (Å²) in [6.45, 7) is 3.09. The van der Waals surface area contributed by atoms with Crippen molar-refractivity contribution in [3.05, 3.63) is 53.9 Å². The summed E-state index contributed by atoms with van der Waals surface area (Å²) in [5.41, 5.74) is 2.50. The lowest BCUT2D eigenvalue weighted by molar-refractivity contribution is 0.339. The number of nitrogens with zero attached hydrogens (tertiary/aromatic N) is 5. The van der Waals surface area contributed by atoms with Crippen molar-refractivity contribution in [1.82, 2.24) is 25.1 Å². The Morgan fingerprint density at radius 1 is 1.09 bits per heavy atom. The number of aryl methyl sites for hydroxylation is 1. The number of benzene rings is 2. The van der Waals surface area contributed by atoms with Crippen LogP contribution < -0.4 is 0 Å². The number of rotatable bonds is 5. The molecule has 0 aliphatic carbocycles. The van der Waals surface area contributed by atoms with Gasteiger partial charge in [0.05, 0.1) is 6.04 Å². The van der Waals surface area contributed by atoms with Crippen LogP contribution in [0.15, 0.2) is 42.7 Å². The number of fused-ring (bicyclic) bond motifs is 1. The minimum atomic E-state index is 0.107. The van der Waals surface area contributed by atoms with E-state index in [4.69, 9.17) is 0 Å². The fraction of sp³-hybridized carbons (Fsp3) is 0.353. The fourth-order valence-electron chi connectivity index (χ4n) is 2.70. The normalized spacial score (nSPS) is 12.9. The molecule has 5 heteroatoms. The third kappa shape index (κ3) is 3.14. The summed E-state index contributed by atoms with van der Waals surface area (Å²) >= 11 is 0. The molecule has 0 amide bonds. The summed E-state index contributed by atoms with van der Waals surface area (Å²) in [5.74, 6) is 0. The highest BCUT2D eigenvalue weighted by Crippen LogP contribution is 2.25. The minimum Gasteiger partial charge on any atom is -0.309 e. The van der Waals surface area contributed by atoms with Gasteiger partial charge in [-0.25, -0.2) is 0 Å². The summed E-state index contributed by atoms with van der Waals surface area (Å²) in [4.78, 5) is 3.88. The van der Waals surface area contributed by atoms with Gasteiger partial charge in [0, 0.05) is 0 Å². The van der Waals surface area contributed by atoms with Gasteiger partial charge in [-0.15, -0.1) is 10.2 Å². The fourth-order valence-corrected chi connectivity index (χ4v) is 2.70. The molecular weight excluding hydrogens is 274 g/mol. The number of aromatic nitrogens is 4. The van der Waals surface area contributed by atoms with E-state index in [9.17, 15) is 0 Å². The molecule has 0 bridgehead atoms. The zero-order valence-electron chi connectivity index (χ0n) is 13.3. The van der Waals surface area contributed by atoms with Crippen LogP contribution in [0.1, 0.15) is 23.6 Å². The Bertz CT molecular complexity index is 749. The van der Waals surface area contributed by atoms with Crippen molar-refractivity contribution in [3.8, 4) is 0 Å². The highest BCUT2D eigenvalue weighted by molar-refractivity contribution is 5.83. The topological polar surface area (TPSA) is 46.8 Å². The van der Waals surface area contributed by atoms with E-state index >= 15 is 0 Å². The molecule has 1 unspecified atom stereocenters. The molecule has 5 nitrogen and oxygen atoms in total. The van der Waals surface area contributed by atoms with Gasteiger partial charge < -0.3 is 4.90 Å². The maximum absolute atomic E-state index is 4.24. The SMILES string of the molecule is Cc1ccc2cc(C(CCN(C)C)n3ncnn3)ccc2c1. The first kappa shape index (κ1) is 14.7. The predicted octanol–water partition coefficient (Wildman–Crippen LogP) is 2.68. The lowest BCUT2D eigenvalue weighted by Gasteiger charge is -2.19. The third-order valence-electron chi connectivity index (χ3n) is 3.90. The minimum absolute atomic E-state index is 0.107. The number of hydrogen-bond donors (Lipinski definition) is 0. The highest BCUT2D eigenvalue weighted by Gasteiger charge is 2.16. The van der Waals surface area contributed by atoms with Crippen LogP contribution in [0.25, 0.3) is 10.8 Å². The molecular formula is C17H21N5. The van der Waals surface area contributed by atoms with Crippen LogP contribution in [0.5, 0.6) is 0 Å². The average molecular weight is 295 g/mol. The maximum Gasteiger partial charge on any atom is 0.162 e. The molecule has 114 valence electrons. The Morgan fingerprint density at radius 2 is 1.86 bits per heavy atom. The van der Waals surface area contributed by atoms with Crippen LogP contribution in [0.2, 0.25) is 0 Å². The van der Waals surface area contributed by atoms with Crippen LogP contribution in [-0.2, 0) is 0 Å². The van der Waals surface area contributed by atoms with Crippen molar-refractivity contribution >= 4 is 10.8 Å². The van der Waals surface area contributed by atoms with Crippen molar-refractivity contribution in [3.63, 3.8) is 0 Å². The third-order valence-corrected chi connectivity index (χ3v) is 3.90. The molecule has 3 aromatic rings. The van der Waals surface area contributed by atoms with Gasteiger partial charge in [0.25, 0.3) is 0 Å². The van der Waals surface area contributed by atoms with Gasteiger partial charge in [-0.05, 0) is 61.6 Å². The van der Waals surface area contributed by atoms with Gasteiger partial charge in [0.1, 0.15) is 0 Å². The predicted molar refractivity (Wildman–Crippen MR) is 87.8 cm³/mol. The van der Waals surface area contributed by atoms with Crippen LogP contribution in [-0.4, -0.2) is 45.7 Å². The second kappa shape index (κ2) is 6.23. The second-order valence-electron chi connectivity index (χ2n) is 5.97. The zero-order valence-corrected chi connectivity index (χ0v) is 13.3. The van der Waals surface area contributed by atoms with Gasteiger partial charge in [-0.2, -0.15) is 4.80 Å². The summed E-state index contributed by atoms with van der Waals surface area (Å²) in [6.07, 6.45) is 2.44. The standard InChI is InChI=1S/C17H21N5/c1-13-4-5-15-11-16(7-6-14(15)10-13)17(8-9-21(2)3)22-19-12-18-20-22/h4-7,10-12,17H,8-9H2,1-3H3. The Hall–Kier alpha value is -2.27. The first-order valence-electron chi connectivity index (χ1n) is 7.51. The summed E-state index contributed by atoms with van der Waals surface area (Å²) < 4.78 is 0. The molecule has 0 radical (unpaired) electrons. The van der Waals surface area contributed by atoms with Gasteiger partial charge in [0.15, 0.2) is 6.33 Å². The van der Waals surface area contributed by atoms with Crippen molar-refractivity contribution < 1.29 is 0 Å². The molecule has 0 saturated carbocycles. The molecule has 0 spiro atoms. The van der Waals surface area contributed by atoms with Crippen molar-refractivity contribution in [2.45, 2.75) is 19.4 Å².